The fourth-order valence-electron chi connectivity index (χ4n) is 4.77. The van der Waals surface area contributed by atoms with Gasteiger partial charge < -0.3 is 0 Å². The van der Waals surface area contributed by atoms with Crippen molar-refractivity contribution in [3.05, 3.63) is 94.1 Å². The molecule has 6 heteroatoms. The minimum atomic E-state index is -4.00. The summed E-state index contributed by atoms with van der Waals surface area (Å²) in [6, 6.07) is 10.6. The Morgan fingerprint density at radius 2 is 1.26 bits per heavy atom. The van der Waals surface area contributed by atoms with Crippen LogP contribution in [0, 0.1) is 36.1 Å². The van der Waals surface area contributed by atoms with Crippen molar-refractivity contribution in [2.24, 2.45) is 5.92 Å². The SMILES string of the molecule is Cc1c(F)cc(CC(F)(F)c2c(F)cc(-c3ccc(C4CCC(C)CC4)cc3)cc2F)cc1F. The molecule has 0 amide bonds. The van der Waals surface area contributed by atoms with Gasteiger partial charge in [-0.25, -0.2) is 26.3 Å². The highest BCUT2D eigenvalue weighted by molar-refractivity contribution is 5.64. The quantitative estimate of drug-likeness (QED) is 0.323. The van der Waals surface area contributed by atoms with Crippen molar-refractivity contribution in [3.63, 3.8) is 0 Å². The minimum absolute atomic E-state index is 0.144. The van der Waals surface area contributed by atoms with Crippen molar-refractivity contribution in [1.82, 2.24) is 0 Å². The largest absolute Gasteiger partial charge is 0.282 e. The van der Waals surface area contributed by atoms with E-state index in [0.29, 0.717) is 11.5 Å². The van der Waals surface area contributed by atoms with Gasteiger partial charge in [-0.1, -0.05) is 44.0 Å². The molecule has 1 aliphatic rings. The van der Waals surface area contributed by atoms with Gasteiger partial charge in [-0.15, -0.1) is 0 Å². The van der Waals surface area contributed by atoms with E-state index in [1.165, 1.54) is 19.8 Å². The van der Waals surface area contributed by atoms with Crippen LogP contribution in [0.2, 0.25) is 0 Å². The summed E-state index contributed by atoms with van der Waals surface area (Å²) in [5.41, 5.74) is -0.282. The molecular formula is C28H26F6. The fourth-order valence-corrected chi connectivity index (χ4v) is 4.77. The molecule has 0 spiro atoms. The zero-order valence-electron chi connectivity index (χ0n) is 19.1. The first-order chi connectivity index (χ1) is 16.0. The summed E-state index contributed by atoms with van der Waals surface area (Å²) in [6.07, 6.45) is 3.30. The highest BCUT2D eigenvalue weighted by Gasteiger charge is 2.38. The van der Waals surface area contributed by atoms with Crippen molar-refractivity contribution < 1.29 is 26.3 Å². The summed E-state index contributed by atoms with van der Waals surface area (Å²) < 4.78 is 86.7. The number of halogens is 6. The fraction of sp³-hybridized carbons (Fsp3) is 0.357. The van der Waals surface area contributed by atoms with Crippen LogP contribution in [0.15, 0.2) is 48.5 Å². The molecule has 0 N–H and O–H groups in total. The van der Waals surface area contributed by atoms with Crippen molar-refractivity contribution in [2.45, 2.75) is 57.8 Å². The van der Waals surface area contributed by atoms with Crippen LogP contribution in [-0.4, -0.2) is 0 Å². The highest BCUT2D eigenvalue weighted by Crippen LogP contribution is 2.39. The summed E-state index contributed by atoms with van der Waals surface area (Å²) >= 11 is 0. The van der Waals surface area contributed by atoms with E-state index in [2.05, 4.69) is 6.92 Å². The highest BCUT2D eigenvalue weighted by atomic mass is 19.3. The van der Waals surface area contributed by atoms with Gasteiger partial charge >= 0.3 is 0 Å². The van der Waals surface area contributed by atoms with Crippen molar-refractivity contribution in [3.8, 4) is 11.1 Å². The monoisotopic (exact) mass is 476 g/mol. The summed E-state index contributed by atoms with van der Waals surface area (Å²) in [5, 5.41) is 0. The molecule has 0 aliphatic heterocycles. The summed E-state index contributed by atoms with van der Waals surface area (Å²) in [6.45, 7) is 3.42. The van der Waals surface area contributed by atoms with E-state index in [1.54, 1.807) is 12.1 Å². The van der Waals surface area contributed by atoms with Crippen LogP contribution >= 0.6 is 0 Å². The molecule has 3 aromatic carbocycles. The Bertz CT molecular complexity index is 1130. The van der Waals surface area contributed by atoms with Gasteiger partial charge in [0.1, 0.15) is 23.3 Å². The Morgan fingerprint density at radius 1 is 0.735 bits per heavy atom. The van der Waals surface area contributed by atoms with Crippen LogP contribution in [0.4, 0.5) is 26.3 Å². The molecule has 34 heavy (non-hydrogen) atoms. The molecular weight excluding hydrogens is 450 g/mol. The van der Waals surface area contributed by atoms with E-state index in [-0.39, 0.29) is 16.7 Å². The van der Waals surface area contributed by atoms with Gasteiger partial charge in [0, 0.05) is 12.0 Å². The second-order valence-electron chi connectivity index (χ2n) is 9.46. The van der Waals surface area contributed by atoms with E-state index in [9.17, 15) is 26.3 Å². The Labute approximate surface area is 195 Å². The number of alkyl halides is 2. The van der Waals surface area contributed by atoms with Gasteiger partial charge in [0.2, 0.25) is 0 Å². The summed E-state index contributed by atoms with van der Waals surface area (Å²) in [4.78, 5) is 0. The van der Waals surface area contributed by atoms with Gasteiger partial charge in [-0.05, 0) is 78.1 Å². The molecule has 4 rings (SSSR count). The molecule has 0 unspecified atom stereocenters. The standard InChI is InChI=1S/C28H26F6/c1-16-3-5-19(6-4-16)20-7-9-21(10-8-20)22-13-25(31)27(26(32)14-22)28(33,34)15-18-11-23(29)17(2)24(30)12-18/h7-14,16,19H,3-6,15H2,1-2H3. The van der Waals surface area contributed by atoms with E-state index in [0.717, 1.165) is 48.6 Å². The average molecular weight is 477 g/mol. The van der Waals surface area contributed by atoms with Crippen LogP contribution in [0.5, 0.6) is 0 Å². The van der Waals surface area contributed by atoms with Crippen LogP contribution < -0.4 is 0 Å². The molecule has 0 aromatic heterocycles. The Kier molecular flexibility index (Phi) is 6.79. The van der Waals surface area contributed by atoms with E-state index >= 15 is 0 Å². The Hall–Kier alpha value is -2.76. The van der Waals surface area contributed by atoms with Gasteiger partial charge in [0.15, 0.2) is 0 Å². The zero-order valence-corrected chi connectivity index (χ0v) is 19.1. The number of hydrogen-bond acceptors (Lipinski definition) is 0. The third kappa shape index (κ3) is 5.01. The van der Waals surface area contributed by atoms with Gasteiger partial charge in [0.25, 0.3) is 5.92 Å². The summed E-state index contributed by atoms with van der Waals surface area (Å²) in [5.74, 6) is -7.61. The molecule has 0 nitrogen and oxygen atoms in total. The second-order valence-corrected chi connectivity index (χ2v) is 9.46. The van der Waals surface area contributed by atoms with E-state index in [4.69, 9.17) is 0 Å². The molecule has 0 atom stereocenters. The molecule has 0 bridgehead atoms. The van der Waals surface area contributed by atoms with Crippen LogP contribution in [-0.2, 0) is 12.3 Å². The average Bonchev–Trinajstić information content (AvgIpc) is 2.77. The van der Waals surface area contributed by atoms with Gasteiger partial charge in [-0.2, -0.15) is 0 Å². The molecule has 0 saturated heterocycles. The van der Waals surface area contributed by atoms with Crippen molar-refractivity contribution in [2.75, 3.05) is 0 Å². The number of rotatable bonds is 5. The zero-order chi connectivity index (χ0) is 24.6. The first kappa shape index (κ1) is 24.4. The van der Waals surface area contributed by atoms with Gasteiger partial charge in [0.05, 0.1) is 5.56 Å². The van der Waals surface area contributed by atoms with Crippen LogP contribution in [0.3, 0.4) is 0 Å². The predicted molar refractivity (Wildman–Crippen MR) is 121 cm³/mol. The topological polar surface area (TPSA) is 0 Å². The van der Waals surface area contributed by atoms with Crippen molar-refractivity contribution >= 4 is 0 Å². The Balaban J connectivity index is 1.58. The first-order valence-corrected chi connectivity index (χ1v) is 11.5. The maximum Gasteiger partial charge on any atom is 0.282 e. The molecule has 0 radical (unpaired) electrons. The molecule has 3 aromatic rings. The van der Waals surface area contributed by atoms with Crippen molar-refractivity contribution in [1.29, 1.82) is 0 Å². The maximum atomic E-state index is 14.8. The summed E-state index contributed by atoms with van der Waals surface area (Å²) in [7, 11) is 0. The first-order valence-electron chi connectivity index (χ1n) is 11.5. The smallest absolute Gasteiger partial charge is 0.207 e. The molecule has 0 heterocycles. The lowest BCUT2D eigenvalue weighted by atomic mass is 9.79. The minimum Gasteiger partial charge on any atom is -0.207 e. The lowest BCUT2D eigenvalue weighted by Crippen LogP contribution is -2.21. The number of benzene rings is 3. The lowest BCUT2D eigenvalue weighted by molar-refractivity contribution is -0.0110. The second kappa shape index (κ2) is 9.47. The third-order valence-electron chi connectivity index (χ3n) is 6.91. The Morgan fingerprint density at radius 3 is 1.79 bits per heavy atom. The number of hydrogen-bond donors (Lipinski definition) is 0. The van der Waals surface area contributed by atoms with Gasteiger partial charge in [-0.3, -0.25) is 0 Å². The molecule has 1 fully saturated rings. The van der Waals surface area contributed by atoms with Crippen LogP contribution in [0.1, 0.15) is 60.8 Å². The third-order valence-corrected chi connectivity index (χ3v) is 6.91. The molecule has 1 aliphatic carbocycles. The van der Waals surface area contributed by atoms with E-state index < -0.39 is 41.2 Å². The molecule has 1 saturated carbocycles. The predicted octanol–water partition coefficient (Wildman–Crippen LogP) is 8.85. The lowest BCUT2D eigenvalue weighted by Gasteiger charge is -2.26. The maximum absolute atomic E-state index is 14.8. The molecule has 180 valence electrons. The van der Waals surface area contributed by atoms with Crippen LogP contribution in [0.25, 0.3) is 11.1 Å². The normalized spacial score (nSPS) is 18.8. The van der Waals surface area contributed by atoms with E-state index in [1.807, 2.05) is 12.1 Å².